The summed E-state index contributed by atoms with van der Waals surface area (Å²) in [4.78, 5) is 50.1. The Morgan fingerprint density at radius 3 is 2.62 bits per heavy atom. The summed E-state index contributed by atoms with van der Waals surface area (Å²) in [5, 5.41) is 2.61. The maximum atomic E-state index is 12.6. The van der Waals surface area contributed by atoms with Gasteiger partial charge in [0.2, 0.25) is 0 Å². The number of carbonyl (C=O) groups is 4. The van der Waals surface area contributed by atoms with Crippen LogP contribution in [0.15, 0.2) is 41.0 Å². The number of ether oxygens (including phenoxy) is 2. The normalized spacial score (nSPS) is 13.9. The Morgan fingerprint density at radius 2 is 1.93 bits per heavy atom. The van der Waals surface area contributed by atoms with Gasteiger partial charge in [-0.05, 0) is 37.3 Å². The molecule has 1 aromatic heterocycles. The summed E-state index contributed by atoms with van der Waals surface area (Å²) in [6.07, 6.45) is 1.45. The topological polar surface area (TPSA) is 115 Å². The zero-order valence-electron chi connectivity index (χ0n) is 16.0. The molecule has 29 heavy (non-hydrogen) atoms. The number of fused-ring (bicyclic) bond motifs is 1. The molecule has 3 rings (SSSR count). The van der Waals surface area contributed by atoms with Gasteiger partial charge in [0.15, 0.2) is 6.61 Å². The first-order chi connectivity index (χ1) is 13.9. The second-order valence-corrected chi connectivity index (χ2v) is 6.54. The van der Waals surface area contributed by atoms with Crippen molar-refractivity contribution in [3.05, 3.63) is 59.0 Å². The Balaban J connectivity index is 1.64. The van der Waals surface area contributed by atoms with Gasteiger partial charge in [0.05, 0.1) is 36.1 Å². The highest BCUT2D eigenvalue weighted by atomic mass is 16.5. The van der Waals surface area contributed by atoms with Crippen LogP contribution in [0.5, 0.6) is 0 Å². The van der Waals surface area contributed by atoms with Gasteiger partial charge in [0, 0.05) is 13.2 Å². The largest absolute Gasteiger partial charge is 0.467 e. The molecule has 3 amide bonds. The second-order valence-electron chi connectivity index (χ2n) is 6.54. The third kappa shape index (κ3) is 4.52. The van der Waals surface area contributed by atoms with Crippen LogP contribution in [0.1, 0.15) is 43.8 Å². The quantitative estimate of drug-likeness (QED) is 0.526. The molecule has 0 radical (unpaired) electrons. The zero-order valence-corrected chi connectivity index (χ0v) is 16.0. The number of nitrogens with one attached hydrogen (secondary N) is 1. The summed E-state index contributed by atoms with van der Waals surface area (Å²) >= 11 is 0. The van der Waals surface area contributed by atoms with Gasteiger partial charge in [-0.3, -0.25) is 19.3 Å². The predicted molar refractivity (Wildman–Crippen MR) is 99.1 cm³/mol. The fourth-order valence-corrected chi connectivity index (χ4v) is 2.94. The highest BCUT2D eigenvalue weighted by Crippen LogP contribution is 2.26. The highest BCUT2D eigenvalue weighted by Gasteiger charge is 2.36. The van der Waals surface area contributed by atoms with E-state index in [4.69, 9.17) is 13.9 Å². The van der Waals surface area contributed by atoms with Gasteiger partial charge in [-0.2, -0.15) is 0 Å². The van der Waals surface area contributed by atoms with Crippen LogP contribution >= 0.6 is 0 Å². The third-order valence-corrected chi connectivity index (χ3v) is 4.26. The lowest BCUT2D eigenvalue weighted by Crippen LogP contribution is -2.38. The van der Waals surface area contributed by atoms with E-state index in [0.717, 1.165) is 4.90 Å². The molecular weight excluding hydrogens is 380 g/mol. The minimum atomic E-state index is -0.771. The minimum Gasteiger partial charge on any atom is -0.467 e. The Hall–Kier alpha value is -3.46. The summed E-state index contributed by atoms with van der Waals surface area (Å²) in [5.41, 5.74) is 0.376. The maximum absolute atomic E-state index is 12.6. The lowest BCUT2D eigenvalue weighted by molar-refractivity contribution is -0.125. The number of imide groups is 1. The molecule has 9 heteroatoms. The maximum Gasteiger partial charge on any atom is 0.338 e. The van der Waals surface area contributed by atoms with Crippen molar-refractivity contribution >= 4 is 23.7 Å². The molecule has 0 fully saturated rings. The number of furan rings is 1. The first kappa shape index (κ1) is 20.3. The molecule has 0 spiro atoms. The van der Waals surface area contributed by atoms with E-state index in [0.29, 0.717) is 12.4 Å². The Morgan fingerprint density at radius 1 is 1.17 bits per heavy atom. The van der Waals surface area contributed by atoms with Gasteiger partial charge >= 0.3 is 5.97 Å². The van der Waals surface area contributed by atoms with Crippen molar-refractivity contribution in [2.24, 2.45) is 0 Å². The van der Waals surface area contributed by atoms with Gasteiger partial charge in [-0.15, -0.1) is 0 Å². The van der Waals surface area contributed by atoms with Crippen LogP contribution in [-0.2, 0) is 20.8 Å². The molecule has 1 atom stereocenters. The molecule has 2 aromatic rings. The van der Waals surface area contributed by atoms with Crippen LogP contribution < -0.4 is 5.32 Å². The highest BCUT2D eigenvalue weighted by molar-refractivity contribution is 6.21. The van der Waals surface area contributed by atoms with Crippen LogP contribution in [-0.4, -0.2) is 55.0 Å². The van der Waals surface area contributed by atoms with Crippen molar-refractivity contribution in [3.8, 4) is 0 Å². The van der Waals surface area contributed by atoms with E-state index in [9.17, 15) is 19.2 Å². The number of nitrogens with zero attached hydrogens (tertiary/aromatic N) is 1. The zero-order chi connectivity index (χ0) is 21.0. The van der Waals surface area contributed by atoms with E-state index in [1.807, 2.05) is 0 Å². The van der Waals surface area contributed by atoms with Crippen molar-refractivity contribution in [1.82, 2.24) is 10.2 Å². The van der Waals surface area contributed by atoms with Gasteiger partial charge in [-0.25, -0.2) is 4.79 Å². The lowest BCUT2D eigenvalue weighted by Gasteiger charge is -2.12. The number of methoxy groups -OCH3 is 1. The average Bonchev–Trinajstić information content (AvgIpc) is 3.29. The van der Waals surface area contributed by atoms with Gasteiger partial charge in [0.25, 0.3) is 17.7 Å². The summed E-state index contributed by atoms with van der Waals surface area (Å²) in [6, 6.07) is 7.17. The van der Waals surface area contributed by atoms with Crippen molar-refractivity contribution in [2.75, 3.05) is 20.3 Å². The van der Waals surface area contributed by atoms with Crippen LogP contribution in [0, 0.1) is 0 Å². The molecule has 0 aliphatic carbocycles. The smallest absolute Gasteiger partial charge is 0.338 e. The number of hydrogen-bond donors (Lipinski definition) is 1. The molecule has 1 aromatic carbocycles. The van der Waals surface area contributed by atoms with E-state index in [1.165, 1.54) is 31.6 Å². The van der Waals surface area contributed by atoms with E-state index in [2.05, 4.69) is 5.32 Å². The molecule has 0 unspecified atom stereocenters. The molecule has 1 aliphatic heterocycles. The third-order valence-electron chi connectivity index (χ3n) is 4.26. The monoisotopic (exact) mass is 400 g/mol. The van der Waals surface area contributed by atoms with Crippen molar-refractivity contribution < 1.29 is 33.1 Å². The van der Waals surface area contributed by atoms with Crippen LogP contribution in [0.25, 0.3) is 0 Å². The molecule has 152 valence electrons. The van der Waals surface area contributed by atoms with Gasteiger partial charge < -0.3 is 19.2 Å². The first-order valence-electron chi connectivity index (χ1n) is 8.88. The molecular formula is C20H20N2O7. The molecule has 0 bridgehead atoms. The van der Waals surface area contributed by atoms with Crippen molar-refractivity contribution in [3.63, 3.8) is 0 Å². The summed E-state index contributed by atoms with van der Waals surface area (Å²) < 4.78 is 15.1. The van der Waals surface area contributed by atoms with Crippen LogP contribution in [0.3, 0.4) is 0 Å². The SMILES string of the molecule is COC[C@H](C)NC(=O)COC(=O)c1ccc2c(c1)C(=O)N(Cc1ccco1)C2=O. The van der Waals surface area contributed by atoms with Crippen LogP contribution in [0.2, 0.25) is 0 Å². The number of rotatable bonds is 8. The standard InChI is InChI=1S/C20H20N2O7/c1-12(10-27-2)21-17(23)11-29-20(26)13-5-6-15-16(8-13)19(25)22(18(15)24)9-14-4-3-7-28-14/h3-8,12H,9-11H2,1-2H3,(H,21,23)/t12-/m0/s1. The summed E-state index contributed by atoms with van der Waals surface area (Å²) in [7, 11) is 1.51. The first-order valence-corrected chi connectivity index (χ1v) is 8.88. The molecule has 9 nitrogen and oxygen atoms in total. The average molecular weight is 400 g/mol. The molecule has 1 aliphatic rings. The molecule has 0 saturated carbocycles. The molecule has 1 N–H and O–H groups in total. The minimum absolute atomic E-state index is 0.00104. The molecule has 0 saturated heterocycles. The predicted octanol–water partition coefficient (Wildman–Crippen LogP) is 1.38. The summed E-state index contributed by atoms with van der Waals surface area (Å²) in [6.45, 7) is 1.61. The fourth-order valence-electron chi connectivity index (χ4n) is 2.94. The second kappa shape index (κ2) is 8.70. The number of carbonyl (C=O) groups excluding carboxylic acids is 4. The molecule has 2 heterocycles. The number of benzene rings is 1. The fraction of sp³-hybridized carbons (Fsp3) is 0.300. The van der Waals surface area contributed by atoms with Gasteiger partial charge in [0.1, 0.15) is 5.76 Å². The van der Waals surface area contributed by atoms with E-state index < -0.39 is 30.3 Å². The van der Waals surface area contributed by atoms with E-state index in [-0.39, 0.29) is 29.3 Å². The summed E-state index contributed by atoms with van der Waals surface area (Å²) in [5.74, 6) is -1.77. The Kier molecular flexibility index (Phi) is 6.08. The number of hydrogen-bond acceptors (Lipinski definition) is 7. The Labute approximate surface area is 166 Å². The van der Waals surface area contributed by atoms with E-state index >= 15 is 0 Å². The van der Waals surface area contributed by atoms with Crippen molar-refractivity contribution in [1.29, 1.82) is 0 Å². The number of amides is 3. The van der Waals surface area contributed by atoms with Gasteiger partial charge in [-0.1, -0.05) is 0 Å². The lowest BCUT2D eigenvalue weighted by atomic mass is 10.1. The number of esters is 1. The Bertz CT molecular complexity index is 936. The van der Waals surface area contributed by atoms with Crippen molar-refractivity contribution in [2.45, 2.75) is 19.5 Å². The van der Waals surface area contributed by atoms with E-state index in [1.54, 1.807) is 19.1 Å². The van der Waals surface area contributed by atoms with Crippen LogP contribution in [0.4, 0.5) is 0 Å².